The molecule has 9 heteroatoms. The molecule has 0 radical (unpaired) electrons. The fourth-order valence-corrected chi connectivity index (χ4v) is 4.91. The van der Waals surface area contributed by atoms with Crippen LogP contribution < -0.4 is 19.7 Å². The number of rotatable bonds is 8. The first kappa shape index (κ1) is 22.8. The molecular weight excluding hydrogens is 438 g/mol. The fraction of sp³-hybridized carbons (Fsp3) is 0.333. The van der Waals surface area contributed by atoms with Crippen LogP contribution in [0.15, 0.2) is 53.4 Å². The highest BCUT2D eigenvalue weighted by atomic mass is 32.2. The summed E-state index contributed by atoms with van der Waals surface area (Å²) in [5.74, 6) is 2.13. The molecule has 2 heterocycles. The molecule has 0 atom stereocenters. The first-order valence-corrected chi connectivity index (χ1v) is 12.6. The van der Waals surface area contributed by atoms with Crippen molar-refractivity contribution in [3.8, 4) is 5.75 Å². The minimum absolute atomic E-state index is 0.191. The van der Waals surface area contributed by atoms with Gasteiger partial charge in [0.15, 0.2) is 0 Å². The summed E-state index contributed by atoms with van der Waals surface area (Å²) < 4.78 is 33.7. The van der Waals surface area contributed by atoms with Crippen LogP contribution in [0.2, 0.25) is 0 Å². The Kier molecular flexibility index (Phi) is 6.69. The molecule has 33 heavy (non-hydrogen) atoms. The smallest absolute Gasteiger partial charge is 0.261 e. The zero-order chi connectivity index (χ0) is 23.4. The van der Waals surface area contributed by atoms with Crippen LogP contribution in [0.3, 0.4) is 0 Å². The molecule has 0 aliphatic carbocycles. The monoisotopic (exact) mass is 467 g/mol. The van der Waals surface area contributed by atoms with Crippen molar-refractivity contribution in [1.82, 2.24) is 9.97 Å². The molecule has 0 spiro atoms. The topological polar surface area (TPSA) is 96.5 Å². The van der Waals surface area contributed by atoms with Crippen LogP contribution in [-0.2, 0) is 10.0 Å². The highest BCUT2D eigenvalue weighted by Gasteiger charge is 2.17. The molecule has 0 saturated carbocycles. The molecule has 4 rings (SSSR count). The summed E-state index contributed by atoms with van der Waals surface area (Å²) in [5, 5.41) is 3.29. The van der Waals surface area contributed by atoms with Gasteiger partial charge in [0, 0.05) is 36.2 Å². The Morgan fingerprint density at radius 1 is 0.970 bits per heavy atom. The third-order valence-electron chi connectivity index (χ3n) is 5.40. The largest absolute Gasteiger partial charge is 0.494 e. The van der Waals surface area contributed by atoms with E-state index in [1.807, 2.05) is 39.0 Å². The molecule has 8 nitrogen and oxygen atoms in total. The lowest BCUT2D eigenvalue weighted by Crippen LogP contribution is -2.21. The summed E-state index contributed by atoms with van der Waals surface area (Å²) in [6.07, 6.45) is 2.32. The number of hydrogen-bond donors (Lipinski definition) is 2. The maximum atomic E-state index is 12.8. The van der Waals surface area contributed by atoms with Gasteiger partial charge >= 0.3 is 0 Å². The highest BCUT2D eigenvalue weighted by molar-refractivity contribution is 7.92. The number of aromatic nitrogens is 2. The van der Waals surface area contributed by atoms with Crippen molar-refractivity contribution in [2.24, 2.45) is 0 Å². The van der Waals surface area contributed by atoms with Gasteiger partial charge in [-0.25, -0.2) is 13.4 Å². The average molecular weight is 468 g/mol. The third kappa shape index (κ3) is 5.54. The van der Waals surface area contributed by atoms with Crippen LogP contribution in [0, 0.1) is 13.8 Å². The molecule has 0 unspecified atom stereocenters. The number of nitrogens with one attached hydrogen (secondary N) is 2. The normalized spacial score (nSPS) is 13.7. The Hall–Kier alpha value is -3.33. The molecule has 1 aliphatic rings. The summed E-state index contributed by atoms with van der Waals surface area (Å²) in [6, 6.07) is 13.8. The number of sulfonamides is 1. The lowest BCUT2D eigenvalue weighted by Gasteiger charge is -2.17. The summed E-state index contributed by atoms with van der Waals surface area (Å²) in [5.41, 5.74) is 2.95. The van der Waals surface area contributed by atoms with Gasteiger partial charge in [-0.05, 0) is 81.6 Å². The molecule has 1 aromatic heterocycles. The fourth-order valence-electron chi connectivity index (χ4n) is 3.77. The Morgan fingerprint density at radius 3 is 2.33 bits per heavy atom. The van der Waals surface area contributed by atoms with Crippen LogP contribution >= 0.6 is 0 Å². The number of anilines is 4. The van der Waals surface area contributed by atoms with Crippen molar-refractivity contribution < 1.29 is 13.2 Å². The SMILES string of the molecule is CCOc1ccc(S(=O)(=O)Nc2ccc(Nc3cc(C)nc(N4CCCC4)n3)cc2)cc1C. The Bertz CT molecular complexity index is 1220. The molecule has 3 aromatic rings. The molecule has 1 fully saturated rings. The average Bonchev–Trinajstić information content (AvgIpc) is 3.31. The van der Waals surface area contributed by atoms with E-state index in [9.17, 15) is 8.42 Å². The van der Waals surface area contributed by atoms with Gasteiger partial charge in [-0.1, -0.05) is 0 Å². The molecule has 1 saturated heterocycles. The number of hydrogen-bond acceptors (Lipinski definition) is 7. The second-order valence-electron chi connectivity index (χ2n) is 8.06. The number of ether oxygens (including phenoxy) is 1. The summed E-state index contributed by atoms with van der Waals surface area (Å²) in [4.78, 5) is 11.6. The van der Waals surface area contributed by atoms with E-state index in [0.29, 0.717) is 23.9 Å². The van der Waals surface area contributed by atoms with Gasteiger partial charge in [0.25, 0.3) is 10.0 Å². The Morgan fingerprint density at radius 2 is 1.67 bits per heavy atom. The van der Waals surface area contributed by atoms with E-state index in [4.69, 9.17) is 4.74 Å². The molecule has 174 valence electrons. The van der Waals surface area contributed by atoms with Crippen molar-refractivity contribution in [2.75, 3.05) is 34.6 Å². The van der Waals surface area contributed by atoms with Crippen molar-refractivity contribution in [1.29, 1.82) is 0 Å². The molecular formula is C24H29N5O3S. The maximum absolute atomic E-state index is 12.8. The Labute approximate surface area is 195 Å². The first-order valence-electron chi connectivity index (χ1n) is 11.1. The summed E-state index contributed by atoms with van der Waals surface area (Å²) in [7, 11) is -3.71. The van der Waals surface area contributed by atoms with Gasteiger partial charge in [-0.2, -0.15) is 4.98 Å². The van der Waals surface area contributed by atoms with E-state index in [1.165, 1.54) is 0 Å². The van der Waals surface area contributed by atoms with Crippen LogP contribution in [-0.4, -0.2) is 38.1 Å². The zero-order valence-electron chi connectivity index (χ0n) is 19.1. The lowest BCUT2D eigenvalue weighted by atomic mass is 10.2. The van der Waals surface area contributed by atoms with E-state index in [-0.39, 0.29) is 4.90 Å². The van der Waals surface area contributed by atoms with Crippen LogP contribution in [0.1, 0.15) is 31.0 Å². The van der Waals surface area contributed by atoms with Crippen molar-refractivity contribution in [2.45, 2.75) is 38.5 Å². The molecule has 2 aromatic carbocycles. The third-order valence-corrected chi connectivity index (χ3v) is 6.78. The second-order valence-corrected chi connectivity index (χ2v) is 9.74. The molecule has 0 bridgehead atoms. The first-order chi connectivity index (χ1) is 15.8. The van der Waals surface area contributed by atoms with E-state index in [1.54, 1.807) is 30.3 Å². The van der Waals surface area contributed by atoms with Crippen LogP contribution in [0.5, 0.6) is 5.75 Å². The number of aryl methyl sites for hydroxylation is 2. The molecule has 1 aliphatic heterocycles. The van der Waals surface area contributed by atoms with Gasteiger partial charge in [0.05, 0.1) is 11.5 Å². The quantitative estimate of drug-likeness (QED) is 0.498. The van der Waals surface area contributed by atoms with E-state index in [2.05, 4.69) is 24.9 Å². The Balaban J connectivity index is 1.46. The van der Waals surface area contributed by atoms with Gasteiger partial charge < -0.3 is 15.0 Å². The van der Waals surface area contributed by atoms with Gasteiger partial charge in [0.1, 0.15) is 11.6 Å². The van der Waals surface area contributed by atoms with E-state index in [0.717, 1.165) is 48.8 Å². The van der Waals surface area contributed by atoms with E-state index >= 15 is 0 Å². The lowest BCUT2D eigenvalue weighted by molar-refractivity contribution is 0.337. The number of nitrogens with zero attached hydrogens (tertiary/aromatic N) is 3. The minimum atomic E-state index is -3.71. The summed E-state index contributed by atoms with van der Waals surface area (Å²) >= 11 is 0. The number of benzene rings is 2. The van der Waals surface area contributed by atoms with Crippen molar-refractivity contribution in [3.05, 3.63) is 59.8 Å². The van der Waals surface area contributed by atoms with Crippen molar-refractivity contribution in [3.63, 3.8) is 0 Å². The molecule has 2 N–H and O–H groups in total. The predicted molar refractivity (Wildman–Crippen MR) is 131 cm³/mol. The van der Waals surface area contributed by atoms with Crippen molar-refractivity contribution >= 4 is 33.2 Å². The summed E-state index contributed by atoms with van der Waals surface area (Å²) in [6.45, 7) is 8.15. The standard InChI is InChI=1S/C24H29N5O3S/c1-4-32-22-12-11-21(15-17(22)2)33(30,31)28-20-9-7-19(8-10-20)26-23-16-18(3)25-24(27-23)29-13-5-6-14-29/h7-12,15-16,28H,4-6,13-14H2,1-3H3,(H,25,26,27). The highest BCUT2D eigenvalue weighted by Crippen LogP contribution is 2.25. The van der Waals surface area contributed by atoms with Gasteiger partial charge in [0.2, 0.25) is 5.95 Å². The maximum Gasteiger partial charge on any atom is 0.261 e. The van der Waals surface area contributed by atoms with Gasteiger partial charge in [-0.15, -0.1) is 0 Å². The zero-order valence-corrected chi connectivity index (χ0v) is 19.9. The van der Waals surface area contributed by atoms with Crippen LogP contribution in [0.25, 0.3) is 0 Å². The second kappa shape index (κ2) is 9.66. The molecule has 0 amide bonds. The predicted octanol–water partition coefficient (Wildman–Crippen LogP) is 4.64. The van der Waals surface area contributed by atoms with Crippen LogP contribution in [0.4, 0.5) is 23.1 Å². The van der Waals surface area contributed by atoms with E-state index < -0.39 is 10.0 Å². The minimum Gasteiger partial charge on any atom is -0.494 e. The van der Waals surface area contributed by atoms with Gasteiger partial charge in [-0.3, -0.25) is 4.72 Å².